The molecule has 0 radical (unpaired) electrons. The molecule has 1 N–H and O–H groups in total. The lowest BCUT2D eigenvalue weighted by Crippen LogP contribution is -2.28. The van der Waals surface area contributed by atoms with Gasteiger partial charge in [0.1, 0.15) is 0 Å². The third kappa shape index (κ3) is 4.75. The van der Waals surface area contributed by atoms with Gasteiger partial charge in [0.25, 0.3) is 0 Å². The zero-order valence-corrected chi connectivity index (χ0v) is 7.76. The molecule has 0 fully saturated rings. The van der Waals surface area contributed by atoms with Gasteiger partial charge in [-0.25, -0.2) is 0 Å². The molecule has 0 saturated carbocycles. The summed E-state index contributed by atoms with van der Waals surface area (Å²) in [5, 5.41) is 3.02. The largest absolute Gasteiger partial charge is 0.345 e. The van der Waals surface area contributed by atoms with Crippen LogP contribution >= 0.6 is 0 Å². The van der Waals surface area contributed by atoms with Crippen LogP contribution in [0.5, 0.6) is 0 Å². The molecule has 68 valence electrons. The summed E-state index contributed by atoms with van der Waals surface area (Å²) in [6.07, 6.45) is 6.18. The Kier molecular flexibility index (Phi) is 6.12. The first-order valence-electron chi connectivity index (χ1n) is 4.04. The second-order valence-corrected chi connectivity index (χ2v) is 2.65. The Bertz CT molecular complexity index is 172. The summed E-state index contributed by atoms with van der Waals surface area (Å²) >= 11 is 0. The lowest BCUT2D eigenvalue weighted by Gasteiger charge is -2.15. The molecule has 0 saturated heterocycles. The Morgan fingerprint density at radius 2 is 2.33 bits per heavy atom. The number of terminal acetylenes is 1. The Balaban J connectivity index is 3.51. The molecule has 0 unspecified atom stereocenters. The standard InChI is InChI=1S/C9H16N2O/c1-4-6-9(12)11(3)8-5-7-10-2/h1,10H,5-8H2,2-3H3. The number of amides is 1. The summed E-state index contributed by atoms with van der Waals surface area (Å²) < 4.78 is 0. The van der Waals surface area contributed by atoms with E-state index in [1.54, 1.807) is 11.9 Å². The topological polar surface area (TPSA) is 32.3 Å². The summed E-state index contributed by atoms with van der Waals surface area (Å²) in [5.41, 5.74) is 0. The molecule has 0 aliphatic heterocycles. The van der Waals surface area contributed by atoms with Crippen LogP contribution in [-0.2, 0) is 4.79 Å². The van der Waals surface area contributed by atoms with Crippen molar-refractivity contribution in [1.29, 1.82) is 0 Å². The van der Waals surface area contributed by atoms with Crippen LogP contribution in [0, 0.1) is 12.3 Å². The summed E-state index contributed by atoms with van der Waals surface area (Å²) in [4.78, 5) is 12.8. The van der Waals surface area contributed by atoms with Gasteiger partial charge in [-0.15, -0.1) is 6.42 Å². The first kappa shape index (κ1) is 11.0. The van der Waals surface area contributed by atoms with Crippen molar-refractivity contribution in [3.05, 3.63) is 0 Å². The molecule has 12 heavy (non-hydrogen) atoms. The fourth-order valence-corrected chi connectivity index (χ4v) is 0.840. The van der Waals surface area contributed by atoms with Crippen molar-refractivity contribution in [2.24, 2.45) is 0 Å². The van der Waals surface area contributed by atoms with E-state index < -0.39 is 0 Å². The van der Waals surface area contributed by atoms with Crippen LogP contribution in [0.1, 0.15) is 12.8 Å². The van der Waals surface area contributed by atoms with Crippen LogP contribution in [0.4, 0.5) is 0 Å². The van der Waals surface area contributed by atoms with E-state index in [0.29, 0.717) is 0 Å². The molecule has 0 bridgehead atoms. The van der Waals surface area contributed by atoms with Gasteiger partial charge in [-0.3, -0.25) is 4.79 Å². The summed E-state index contributed by atoms with van der Waals surface area (Å²) in [6, 6.07) is 0. The van der Waals surface area contributed by atoms with Crippen LogP contribution < -0.4 is 5.32 Å². The van der Waals surface area contributed by atoms with Crippen molar-refractivity contribution in [2.75, 3.05) is 27.2 Å². The van der Waals surface area contributed by atoms with Crippen LogP contribution in [-0.4, -0.2) is 38.0 Å². The maximum atomic E-state index is 11.1. The molecule has 0 aromatic carbocycles. The van der Waals surface area contributed by atoms with Gasteiger partial charge in [0.2, 0.25) is 5.91 Å². The average Bonchev–Trinajstić information content (AvgIpc) is 2.05. The number of carbonyl (C=O) groups is 1. The van der Waals surface area contributed by atoms with Crippen LogP contribution in [0.2, 0.25) is 0 Å². The van der Waals surface area contributed by atoms with E-state index in [4.69, 9.17) is 6.42 Å². The first-order valence-corrected chi connectivity index (χ1v) is 4.04. The normalized spacial score (nSPS) is 9.08. The Hall–Kier alpha value is -1.01. The van der Waals surface area contributed by atoms with Gasteiger partial charge < -0.3 is 10.2 Å². The molecule has 0 atom stereocenters. The van der Waals surface area contributed by atoms with E-state index in [9.17, 15) is 4.79 Å². The molecule has 0 heterocycles. The van der Waals surface area contributed by atoms with Crippen LogP contribution in [0.15, 0.2) is 0 Å². The van der Waals surface area contributed by atoms with E-state index in [1.165, 1.54) is 0 Å². The van der Waals surface area contributed by atoms with Gasteiger partial charge in [-0.1, -0.05) is 5.92 Å². The van der Waals surface area contributed by atoms with E-state index >= 15 is 0 Å². The Morgan fingerprint density at radius 1 is 1.67 bits per heavy atom. The van der Waals surface area contributed by atoms with Gasteiger partial charge in [0.15, 0.2) is 0 Å². The smallest absolute Gasteiger partial charge is 0.234 e. The maximum absolute atomic E-state index is 11.1. The van der Waals surface area contributed by atoms with Crippen LogP contribution in [0.25, 0.3) is 0 Å². The average molecular weight is 168 g/mol. The van der Waals surface area contributed by atoms with Crippen molar-refractivity contribution < 1.29 is 4.79 Å². The molecule has 0 aromatic heterocycles. The lowest BCUT2D eigenvalue weighted by atomic mass is 10.3. The summed E-state index contributed by atoms with van der Waals surface area (Å²) in [5.74, 6) is 2.35. The zero-order chi connectivity index (χ0) is 9.40. The molecule has 3 heteroatoms. The molecule has 0 aromatic rings. The molecular weight excluding hydrogens is 152 g/mol. The molecule has 3 nitrogen and oxygen atoms in total. The zero-order valence-electron chi connectivity index (χ0n) is 7.76. The van der Waals surface area contributed by atoms with E-state index in [0.717, 1.165) is 19.5 Å². The van der Waals surface area contributed by atoms with E-state index in [-0.39, 0.29) is 12.3 Å². The monoisotopic (exact) mass is 168 g/mol. The van der Waals surface area contributed by atoms with Gasteiger partial charge in [-0.2, -0.15) is 0 Å². The number of nitrogens with one attached hydrogen (secondary N) is 1. The number of hydrogen-bond acceptors (Lipinski definition) is 2. The molecular formula is C9H16N2O. The molecule has 0 spiro atoms. The number of nitrogens with zero attached hydrogens (tertiary/aromatic N) is 1. The summed E-state index contributed by atoms with van der Waals surface area (Å²) in [6.45, 7) is 1.69. The van der Waals surface area contributed by atoms with Crippen LogP contribution in [0.3, 0.4) is 0 Å². The number of rotatable bonds is 5. The minimum Gasteiger partial charge on any atom is -0.345 e. The molecule has 0 aliphatic carbocycles. The maximum Gasteiger partial charge on any atom is 0.234 e. The Labute approximate surface area is 74.1 Å². The Morgan fingerprint density at radius 3 is 2.83 bits per heavy atom. The van der Waals surface area contributed by atoms with Gasteiger partial charge in [0, 0.05) is 13.6 Å². The SMILES string of the molecule is C#CCC(=O)N(C)CCCNC. The first-order chi connectivity index (χ1) is 5.72. The van der Waals surface area contributed by atoms with Crippen molar-refractivity contribution in [2.45, 2.75) is 12.8 Å². The second kappa shape index (κ2) is 6.68. The summed E-state index contributed by atoms with van der Waals surface area (Å²) in [7, 11) is 3.67. The van der Waals surface area contributed by atoms with E-state index in [2.05, 4.69) is 11.2 Å². The lowest BCUT2D eigenvalue weighted by molar-refractivity contribution is -0.128. The molecule has 0 aliphatic rings. The quantitative estimate of drug-likeness (QED) is 0.465. The number of hydrogen-bond donors (Lipinski definition) is 1. The van der Waals surface area contributed by atoms with Gasteiger partial charge in [-0.05, 0) is 20.0 Å². The van der Waals surface area contributed by atoms with Crippen molar-refractivity contribution in [3.8, 4) is 12.3 Å². The van der Waals surface area contributed by atoms with Gasteiger partial charge in [0.05, 0.1) is 6.42 Å². The molecule has 0 rings (SSSR count). The minimum atomic E-state index is 0.0219. The fraction of sp³-hybridized carbons (Fsp3) is 0.667. The second-order valence-electron chi connectivity index (χ2n) is 2.65. The number of carbonyl (C=O) groups excluding carboxylic acids is 1. The van der Waals surface area contributed by atoms with Gasteiger partial charge >= 0.3 is 0 Å². The third-order valence-corrected chi connectivity index (χ3v) is 1.60. The predicted molar refractivity (Wildman–Crippen MR) is 49.6 cm³/mol. The molecule has 1 amide bonds. The highest BCUT2D eigenvalue weighted by Gasteiger charge is 2.04. The minimum absolute atomic E-state index is 0.0219. The highest BCUT2D eigenvalue weighted by atomic mass is 16.2. The fourth-order valence-electron chi connectivity index (χ4n) is 0.840. The van der Waals surface area contributed by atoms with Crippen molar-refractivity contribution >= 4 is 5.91 Å². The van der Waals surface area contributed by atoms with Crippen molar-refractivity contribution in [3.63, 3.8) is 0 Å². The predicted octanol–water partition coefficient (Wildman–Crippen LogP) is 0.0776. The highest BCUT2D eigenvalue weighted by molar-refractivity contribution is 5.78. The highest BCUT2D eigenvalue weighted by Crippen LogP contribution is 1.90. The third-order valence-electron chi connectivity index (χ3n) is 1.60. The van der Waals surface area contributed by atoms with E-state index in [1.807, 2.05) is 7.05 Å². The van der Waals surface area contributed by atoms with Crippen molar-refractivity contribution in [1.82, 2.24) is 10.2 Å².